The van der Waals surface area contributed by atoms with Gasteiger partial charge < -0.3 is 18.6 Å². The molecule has 27 heavy (non-hydrogen) atoms. The standard InChI is InChI=1S/C22H26O5/c1-8-18-20(19(25-7)13-15-26-22(4,5)9-2)21(23)17(16(3)27-18)12-10-11-14-24-6/h2,8,10-15H,1,3-7H3/b12-10-,14-11+,15-13+,18-8+,20-19-. The van der Waals surface area contributed by atoms with Gasteiger partial charge in [0.05, 0.1) is 32.3 Å². The van der Waals surface area contributed by atoms with Gasteiger partial charge in [0.15, 0.2) is 5.60 Å². The molecule has 1 rings (SSSR count). The summed E-state index contributed by atoms with van der Waals surface area (Å²) in [5.41, 5.74) is -0.148. The molecule has 1 aromatic rings. The van der Waals surface area contributed by atoms with Gasteiger partial charge in [0.2, 0.25) is 5.43 Å². The number of terminal acetylenes is 1. The zero-order valence-corrected chi connectivity index (χ0v) is 16.7. The van der Waals surface area contributed by atoms with E-state index in [9.17, 15) is 4.79 Å². The average molecular weight is 370 g/mol. The van der Waals surface area contributed by atoms with Crippen molar-refractivity contribution in [2.45, 2.75) is 33.3 Å². The van der Waals surface area contributed by atoms with Crippen LogP contribution in [0.25, 0.3) is 17.9 Å². The highest BCUT2D eigenvalue weighted by Gasteiger charge is 2.13. The summed E-state index contributed by atoms with van der Waals surface area (Å²) in [6.45, 7) is 7.03. The molecule has 0 saturated carbocycles. The third kappa shape index (κ3) is 5.96. The Balaban J connectivity index is 3.63. The number of allylic oxidation sites excluding steroid dienone is 2. The van der Waals surface area contributed by atoms with E-state index in [-0.39, 0.29) is 5.43 Å². The molecular weight excluding hydrogens is 344 g/mol. The predicted octanol–water partition coefficient (Wildman–Crippen LogP) is 2.62. The third-order valence-electron chi connectivity index (χ3n) is 3.61. The molecule has 5 nitrogen and oxygen atoms in total. The molecule has 0 N–H and O–H groups in total. The predicted molar refractivity (Wildman–Crippen MR) is 108 cm³/mol. The normalized spacial score (nSPS) is 14.0. The first-order valence-corrected chi connectivity index (χ1v) is 8.37. The monoisotopic (exact) mass is 370 g/mol. The minimum absolute atomic E-state index is 0.216. The van der Waals surface area contributed by atoms with E-state index in [0.717, 1.165) is 0 Å². The second-order valence-electron chi connectivity index (χ2n) is 6.00. The summed E-state index contributed by atoms with van der Waals surface area (Å²) in [7, 11) is 3.02. The summed E-state index contributed by atoms with van der Waals surface area (Å²) in [5.74, 6) is 3.34. The lowest BCUT2D eigenvalue weighted by Gasteiger charge is -2.16. The van der Waals surface area contributed by atoms with Gasteiger partial charge in [-0.15, -0.1) is 6.42 Å². The largest absolute Gasteiger partial charge is 0.504 e. The number of hydrogen-bond donors (Lipinski definition) is 0. The van der Waals surface area contributed by atoms with Crippen molar-refractivity contribution in [2.24, 2.45) is 0 Å². The quantitative estimate of drug-likeness (QED) is 0.420. The van der Waals surface area contributed by atoms with Gasteiger partial charge in [-0.25, -0.2) is 0 Å². The first-order valence-electron chi connectivity index (χ1n) is 8.37. The van der Waals surface area contributed by atoms with Crippen molar-refractivity contribution >= 4 is 17.9 Å². The van der Waals surface area contributed by atoms with Crippen molar-refractivity contribution in [2.75, 3.05) is 14.2 Å². The molecule has 0 atom stereocenters. The van der Waals surface area contributed by atoms with Crippen LogP contribution in [0, 0.1) is 19.3 Å². The molecule has 0 amide bonds. The van der Waals surface area contributed by atoms with E-state index in [0.29, 0.717) is 27.7 Å². The van der Waals surface area contributed by atoms with Crippen LogP contribution in [0.4, 0.5) is 0 Å². The van der Waals surface area contributed by atoms with E-state index < -0.39 is 5.60 Å². The number of hydrogen-bond acceptors (Lipinski definition) is 5. The highest BCUT2D eigenvalue weighted by atomic mass is 16.5. The van der Waals surface area contributed by atoms with Gasteiger partial charge in [-0.3, -0.25) is 4.79 Å². The van der Waals surface area contributed by atoms with Crippen LogP contribution in [0.15, 0.2) is 40.0 Å². The summed E-state index contributed by atoms with van der Waals surface area (Å²) in [5, 5.41) is 0.305. The lowest BCUT2D eigenvalue weighted by atomic mass is 10.1. The van der Waals surface area contributed by atoms with Gasteiger partial charge in [0.1, 0.15) is 22.2 Å². The smallest absolute Gasteiger partial charge is 0.203 e. The fourth-order valence-electron chi connectivity index (χ4n) is 2.14. The maximum atomic E-state index is 13.1. The van der Waals surface area contributed by atoms with E-state index in [1.54, 1.807) is 65.2 Å². The number of methoxy groups -OCH3 is 2. The highest BCUT2D eigenvalue weighted by Crippen LogP contribution is 2.08. The molecule has 0 aliphatic carbocycles. The van der Waals surface area contributed by atoms with Crippen molar-refractivity contribution < 1.29 is 18.6 Å². The van der Waals surface area contributed by atoms with Crippen LogP contribution in [0.1, 0.15) is 32.1 Å². The number of aryl methyl sites for hydroxylation is 1. The second-order valence-corrected chi connectivity index (χ2v) is 6.00. The Bertz CT molecular complexity index is 950. The lowest BCUT2D eigenvalue weighted by molar-refractivity contribution is 0.114. The van der Waals surface area contributed by atoms with Crippen molar-refractivity contribution in [3.05, 3.63) is 62.9 Å². The molecule has 5 heteroatoms. The Morgan fingerprint density at radius 2 is 1.93 bits per heavy atom. The van der Waals surface area contributed by atoms with E-state index in [1.165, 1.54) is 19.6 Å². The summed E-state index contributed by atoms with van der Waals surface area (Å²) in [4.78, 5) is 13.1. The van der Waals surface area contributed by atoms with Crippen LogP contribution in [0.3, 0.4) is 0 Å². The van der Waals surface area contributed by atoms with Gasteiger partial charge in [0.25, 0.3) is 0 Å². The van der Waals surface area contributed by atoms with Crippen LogP contribution >= 0.6 is 0 Å². The molecule has 1 heterocycles. The molecule has 0 aliphatic heterocycles. The maximum Gasteiger partial charge on any atom is 0.203 e. The SMILES string of the molecule is C#CC(C)(C)O/C=C/C(OC)=c1/c(=O)c(/C=C\C=C\OC)c(C)o/c1=C/C. The molecule has 0 aromatic carbocycles. The first-order chi connectivity index (χ1) is 12.8. The molecule has 0 spiro atoms. The fraction of sp³-hybridized carbons (Fsp3) is 0.318. The maximum absolute atomic E-state index is 13.1. The molecule has 144 valence electrons. The van der Waals surface area contributed by atoms with Crippen LogP contribution in [0.2, 0.25) is 0 Å². The first kappa shape index (κ1) is 21.9. The number of ether oxygens (including phenoxy) is 3. The van der Waals surface area contributed by atoms with E-state index in [1.807, 2.05) is 0 Å². The van der Waals surface area contributed by atoms with Crippen LogP contribution in [0.5, 0.6) is 0 Å². The summed E-state index contributed by atoms with van der Waals surface area (Å²) in [6, 6.07) is 0. The molecule has 0 bridgehead atoms. The molecule has 0 saturated heterocycles. The minimum atomic E-state index is -0.769. The van der Waals surface area contributed by atoms with Crippen molar-refractivity contribution in [3.8, 4) is 12.3 Å². The Kier molecular flexibility index (Phi) is 8.22. The van der Waals surface area contributed by atoms with Crippen LogP contribution in [-0.4, -0.2) is 19.8 Å². The van der Waals surface area contributed by atoms with Gasteiger partial charge in [-0.2, -0.15) is 0 Å². The van der Waals surface area contributed by atoms with E-state index in [4.69, 9.17) is 25.1 Å². The van der Waals surface area contributed by atoms with E-state index in [2.05, 4.69) is 5.92 Å². The Hall–Kier alpha value is -3.13. The topological polar surface area (TPSA) is 57.9 Å². The third-order valence-corrected chi connectivity index (χ3v) is 3.61. The molecule has 0 radical (unpaired) electrons. The Morgan fingerprint density at radius 1 is 1.22 bits per heavy atom. The molecule has 0 fully saturated rings. The van der Waals surface area contributed by atoms with Crippen LogP contribution in [-0.2, 0) is 14.2 Å². The zero-order valence-electron chi connectivity index (χ0n) is 16.7. The summed E-state index contributed by atoms with van der Waals surface area (Å²) < 4.78 is 21.5. The van der Waals surface area contributed by atoms with Gasteiger partial charge >= 0.3 is 0 Å². The van der Waals surface area contributed by atoms with Gasteiger partial charge in [-0.05, 0) is 45.9 Å². The number of rotatable bonds is 7. The molecule has 0 unspecified atom stereocenters. The second kappa shape index (κ2) is 10.1. The van der Waals surface area contributed by atoms with Crippen molar-refractivity contribution in [1.82, 2.24) is 0 Å². The minimum Gasteiger partial charge on any atom is -0.504 e. The Morgan fingerprint density at radius 3 is 2.48 bits per heavy atom. The Labute approximate surface area is 159 Å². The lowest BCUT2D eigenvalue weighted by Crippen LogP contribution is -2.42. The van der Waals surface area contributed by atoms with Crippen molar-refractivity contribution in [3.63, 3.8) is 0 Å². The molecule has 1 aromatic heterocycles. The highest BCUT2D eigenvalue weighted by molar-refractivity contribution is 5.56. The van der Waals surface area contributed by atoms with E-state index >= 15 is 0 Å². The van der Waals surface area contributed by atoms with Gasteiger partial charge in [-0.1, -0.05) is 12.0 Å². The summed E-state index contributed by atoms with van der Waals surface area (Å²) in [6.07, 6.45) is 16.6. The molecular formula is C22H26O5. The molecule has 0 aliphatic rings. The van der Waals surface area contributed by atoms with Crippen LogP contribution < -0.4 is 16.1 Å². The van der Waals surface area contributed by atoms with Crippen molar-refractivity contribution in [1.29, 1.82) is 0 Å². The average Bonchev–Trinajstić information content (AvgIpc) is 2.64. The zero-order chi connectivity index (χ0) is 20.4. The van der Waals surface area contributed by atoms with Gasteiger partial charge in [0, 0.05) is 6.08 Å². The fourth-order valence-corrected chi connectivity index (χ4v) is 2.14. The summed E-state index contributed by atoms with van der Waals surface area (Å²) >= 11 is 0.